The van der Waals surface area contributed by atoms with Crippen molar-refractivity contribution in [2.75, 3.05) is 47.4 Å². The molecule has 2 fully saturated rings. The summed E-state index contributed by atoms with van der Waals surface area (Å²) in [6, 6.07) is 9.16. The maximum Gasteiger partial charge on any atom is 0.387 e. The van der Waals surface area contributed by atoms with Crippen LogP contribution in [0.1, 0.15) is 53.8 Å². The molecule has 10 nitrogen and oxygen atoms in total. The van der Waals surface area contributed by atoms with Gasteiger partial charge in [-0.05, 0) is 69.1 Å². The first kappa shape index (κ1) is 31.1. The monoisotopic (exact) mass is 587 g/mol. The highest BCUT2D eigenvalue weighted by Crippen LogP contribution is 2.39. The second-order valence-corrected chi connectivity index (χ2v) is 11.2. The van der Waals surface area contributed by atoms with E-state index in [9.17, 15) is 23.2 Å². The third kappa shape index (κ3) is 8.37. The van der Waals surface area contributed by atoms with Crippen molar-refractivity contribution in [1.29, 1.82) is 0 Å². The molecule has 0 radical (unpaired) electrons. The Morgan fingerprint density at radius 1 is 1.10 bits per heavy atom. The number of benzene rings is 1. The molecule has 1 saturated carbocycles. The first-order chi connectivity index (χ1) is 20.0. The van der Waals surface area contributed by atoms with Crippen LogP contribution in [0.3, 0.4) is 0 Å². The molecule has 1 aliphatic carbocycles. The Hall–Kier alpha value is -3.80. The molecule has 1 aromatic heterocycles. The van der Waals surface area contributed by atoms with Crippen LogP contribution in [-0.2, 0) is 16.1 Å². The molecule has 2 heterocycles. The van der Waals surface area contributed by atoms with E-state index in [0.717, 1.165) is 24.9 Å². The lowest BCUT2D eigenvalue weighted by Crippen LogP contribution is -2.45. The predicted octanol–water partition coefficient (Wildman–Crippen LogP) is 3.13. The van der Waals surface area contributed by atoms with Gasteiger partial charge in [0.15, 0.2) is 11.5 Å². The van der Waals surface area contributed by atoms with Gasteiger partial charge in [0.1, 0.15) is 11.7 Å². The van der Waals surface area contributed by atoms with Gasteiger partial charge in [-0.2, -0.15) is 8.78 Å². The van der Waals surface area contributed by atoms with Crippen LogP contribution in [0.5, 0.6) is 11.5 Å². The minimum atomic E-state index is -2.98. The molecule has 1 saturated heterocycles. The van der Waals surface area contributed by atoms with Crippen molar-refractivity contribution >= 4 is 17.7 Å². The van der Waals surface area contributed by atoms with Crippen LogP contribution < -0.4 is 14.8 Å². The molecule has 12 heteroatoms. The average molecular weight is 588 g/mol. The van der Waals surface area contributed by atoms with Crippen molar-refractivity contribution in [1.82, 2.24) is 25.0 Å². The molecule has 1 aliphatic heterocycles. The topological polar surface area (TPSA) is 104 Å². The van der Waals surface area contributed by atoms with Crippen LogP contribution in [-0.4, -0.2) is 97.4 Å². The van der Waals surface area contributed by atoms with Crippen LogP contribution in [0.2, 0.25) is 0 Å². The minimum Gasteiger partial charge on any atom is -0.489 e. The number of hydrogen-bond donors (Lipinski definition) is 1. The molecular formula is C30H39F2N5O5. The number of nitrogens with one attached hydrogen (secondary N) is 1. The fourth-order valence-corrected chi connectivity index (χ4v) is 4.89. The average Bonchev–Trinajstić information content (AvgIpc) is 3.68. The Labute approximate surface area is 245 Å². The van der Waals surface area contributed by atoms with Crippen molar-refractivity contribution in [2.24, 2.45) is 5.92 Å². The normalized spacial score (nSPS) is 18.3. The van der Waals surface area contributed by atoms with E-state index in [1.165, 1.54) is 17.9 Å². The summed E-state index contributed by atoms with van der Waals surface area (Å²) in [4.78, 5) is 48.1. The summed E-state index contributed by atoms with van der Waals surface area (Å²) in [6.07, 6.45) is 2.44. The van der Waals surface area contributed by atoms with Gasteiger partial charge in [-0.15, -0.1) is 0 Å². The zero-order valence-corrected chi connectivity index (χ0v) is 24.5. The third-order valence-electron chi connectivity index (χ3n) is 7.53. The number of nitrogens with zero attached hydrogens (tertiary/aromatic N) is 4. The van der Waals surface area contributed by atoms with Crippen LogP contribution >= 0.6 is 0 Å². The molecule has 3 amide bonds. The van der Waals surface area contributed by atoms with Gasteiger partial charge in [-0.25, -0.2) is 4.98 Å². The summed E-state index contributed by atoms with van der Waals surface area (Å²) in [5.41, 5.74) is 1.58. The van der Waals surface area contributed by atoms with Crippen LogP contribution in [0.4, 0.5) is 8.78 Å². The van der Waals surface area contributed by atoms with Crippen LogP contribution in [0.25, 0.3) is 0 Å². The summed E-state index contributed by atoms with van der Waals surface area (Å²) in [7, 11) is 5.59. The van der Waals surface area contributed by atoms with Gasteiger partial charge in [0, 0.05) is 39.5 Å². The zero-order valence-electron chi connectivity index (χ0n) is 24.5. The Balaban J connectivity index is 1.41. The Kier molecular flexibility index (Phi) is 10.3. The van der Waals surface area contributed by atoms with E-state index in [1.807, 2.05) is 19.0 Å². The Bertz CT molecular complexity index is 1270. The number of carbonyl (C=O) groups excluding carboxylic acids is 3. The fourth-order valence-electron chi connectivity index (χ4n) is 4.89. The Morgan fingerprint density at radius 3 is 2.52 bits per heavy atom. The summed E-state index contributed by atoms with van der Waals surface area (Å²) in [5.74, 6) is -0.387. The lowest BCUT2D eigenvalue weighted by atomic mass is 9.95. The molecule has 42 heavy (non-hydrogen) atoms. The van der Waals surface area contributed by atoms with E-state index in [2.05, 4.69) is 15.0 Å². The summed E-state index contributed by atoms with van der Waals surface area (Å²) >= 11 is 0. The molecule has 2 aliphatic rings. The molecule has 228 valence electrons. The summed E-state index contributed by atoms with van der Waals surface area (Å²) < 4.78 is 36.4. The second kappa shape index (κ2) is 13.9. The number of hydrogen-bond acceptors (Lipinski definition) is 7. The third-order valence-corrected chi connectivity index (χ3v) is 7.53. The number of likely N-dealkylation sites (tertiary alicyclic amines) is 1. The smallest absolute Gasteiger partial charge is 0.387 e. The SMILES string of the molecule is CC(=O)N1CC(c2ccc(OC(F)F)c(OCC3CC3)c2)C[C@@H]1C(=O)NCc1cccc(C(=O)N(C)CCN(C)C)n1. The molecule has 1 N–H and O–H groups in total. The maximum absolute atomic E-state index is 13.3. The van der Waals surface area contributed by atoms with Crippen molar-refractivity contribution in [3.05, 3.63) is 53.3 Å². The number of rotatable bonds is 13. The van der Waals surface area contributed by atoms with Gasteiger partial charge >= 0.3 is 6.61 Å². The summed E-state index contributed by atoms with van der Waals surface area (Å²) in [5, 5.41) is 2.86. The maximum atomic E-state index is 13.3. The molecule has 1 unspecified atom stereocenters. The highest BCUT2D eigenvalue weighted by atomic mass is 19.3. The van der Waals surface area contributed by atoms with E-state index >= 15 is 0 Å². The number of aromatic nitrogens is 1. The number of ether oxygens (including phenoxy) is 2. The van der Waals surface area contributed by atoms with Crippen molar-refractivity contribution < 1.29 is 32.6 Å². The molecule has 1 aromatic carbocycles. The number of carbonyl (C=O) groups is 3. The van der Waals surface area contributed by atoms with Crippen molar-refractivity contribution in [3.63, 3.8) is 0 Å². The van der Waals surface area contributed by atoms with Gasteiger partial charge in [0.05, 0.1) is 18.8 Å². The highest BCUT2D eigenvalue weighted by molar-refractivity contribution is 5.92. The predicted molar refractivity (Wildman–Crippen MR) is 151 cm³/mol. The van der Waals surface area contributed by atoms with Crippen molar-refractivity contribution in [3.8, 4) is 11.5 Å². The zero-order chi connectivity index (χ0) is 30.4. The number of amides is 3. The number of likely N-dealkylation sites (N-methyl/N-ethyl adjacent to an activating group) is 2. The Morgan fingerprint density at radius 2 is 1.86 bits per heavy atom. The summed E-state index contributed by atoms with van der Waals surface area (Å²) in [6.45, 7) is 0.508. The van der Waals surface area contributed by atoms with Gasteiger partial charge in [0.25, 0.3) is 5.91 Å². The van der Waals surface area contributed by atoms with Gasteiger partial charge < -0.3 is 29.5 Å². The molecule has 4 rings (SSSR count). The van der Waals surface area contributed by atoms with E-state index in [-0.39, 0.29) is 47.4 Å². The van der Waals surface area contributed by atoms with Crippen LogP contribution in [0.15, 0.2) is 36.4 Å². The van der Waals surface area contributed by atoms with E-state index in [4.69, 9.17) is 4.74 Å². The highest BCUT2D eigenvalue weighted by Gasteiger charge is 2.39. The molecule has 0 bridgehead atoms. The van der Waals surface area contributed by atoms with E-state index in [0.29, 0.717) is 37.7 Å². The number of halogens is 2. The molecule has 2 atom stereocenters. The second-order valence-electron chi connectivity index (χ2n) is 11.2. The van der Waals surface area contributed by atoms with E-state index < -0.39 is 12.7 Å². The lowest BCUT2D eigenvalue weighted by molar-refractivity contribution is -0.136. The fraction of sp³-hybridized carbons (Fsp3) is 0.533. The lowest BCUT2D eigenvalue weighted by Gasteiger charge is -2.22. The minimum absolute atomic E-state index is 0.0396. The van der Waals surface area contributed by atoms with Gasteiger partial charge in [0.2, 0.25) is 11.8 Å². The first-order valence-corrected chi connectivity index (χ1v) is 14.1. The number of alkyl halides is 2. The molecule has 2 aromatic rings. The largest absolute Gasteiger partial charge is 0.489 e. The quantitative estimate of drug-likeness (QED) is 0.384. The standard InChI is InChI=1S/C30H39F2N5O5/c1-19(38)37-17-22(21-10-11-26(42-30(31)32)27(15-21)41-18-20-8-9-20)14-25(37)28(39)33-16-23-6-5-7-24(34-23)29(40)36(4)13-12-35(2)3/h5-7,10-11,15,20,22,25,30H,8-9,12-14,16-18H2,1-4H3,(H,33,39)/t22?,25-/m1/s1. The van der Waals surface area contributed by atoms with E-state index in [1.54, 1.807) is 42.3 Å². The number of pyridine rings is 1. The van der Waals surface area contributed by atoms with Crippen LogP contribution in [0, 0.1) is 5.92 Å². The van der Waals surface area contributed by atoms with Gasteiger partial charge in [-0.1, -0.05) is 12.1 Å². The first-order valence-electron chi connectivity index (χ1n) is 14.1. The van der Waals surface area contributed by atoms with Gasteiger partial charge in [-0.3, -0.25) is 14.4 Å². The molecule has 0 spiro atoms. The van der Waals surface area contributed by atoms with Crippen molar-refractivity contribution in [2.45, 2.75) is 51.3 Å². The molecular weight excluding hydrogens is 548 g/mol.